The Bertz CT molecular complexity index is 1270. The molecule has 2 aromatic carbocycles. The van der Waals surface area contributed by atoms with Crippen LogP contribution in [0.2, 0.25) is 0 Å². The molecule has 0 spiro atoms. The maximum Gasteiger partial charge on any atom is 0.300 e. The molecule has 39 heavy (non-hydrogen) atoms. The molecular formula is C20H19F8NO8S2. The van der Waals surface area contributed by atoms with Gasteiger partial charge in [0.1, 0.15) is 18.1 Å². The minimum Gasteiger partial charge on any atom is -0.486 e. The van der Waals surface area contributed by atoms with Crippen molar-refractivity contribution in [2.75, 3.05) is 26.3 Å². The van der Waals surface area contributed by atoms with Gasteiger partial charge in [-0.2, -0.15) is 26.0 Å². The molecule has 0 radical (unpaired) electrons. The van der Waals surface area contributed by atoms with E-state index in [2.05, 4.69) is 9.37 Å². The molecule has 0 aliphatic rings. The monoisotopic (exact) mass is 617 g/mol. The van der Waals surface area contributed by atoms with Gasteiger partial charge < -0.3 is 9.47 Å². The van der Waals surface area contributed by atoms with E-state index in [0.717, 1.165) is 0 Å². The summed E-state index contributed by atoms with van der Waals surface area (Å²) in [7, 11) is -5.66. The van der Waals surface area contributed by atoms with Crippen LogP contribution in [0.25, 0.3) is 0 Å². The van der Waals surface area contributed by atoms with E-state index in [1.54, 1.807) is 20.8 Å². The van der Waals surface area contributed by atoms with Crippen molar-refractivity contribution in [2.45, 2.75) is 36.1 Å². The first kappa shape index (κ1) is 32.8. The van der Waals surface area contributed by atoms with Crippen LogP contribution in [0.5, 0.6) is 11.5 Å². The Labute approximate surface area is 220 Å². The minimum absolute atomic E-state index is 0.248. The number of hydrogen-bond donors (Lipinski definition) is 2. The summed E-state index contributed by atoms with van der Waals surface area (Å²) in [4.78, 5) is -2.15. The number of rotatable bonds is 12. The number of ether oxygens (including phenoxy) is 2. The van der Waals surface area contributed by atoms with Crippen LogP contribution in [0.15, 0.2) is 9.79 Å². The summed E-state index contributed by atoms with van der Waals surface area (Å²) in [5, 5.41) is 11.2. The molecule has 0 bridgehead atoms. The van der Waals surface area contributed by atoms with Gasteiger partial charge >= 0.3 is 10.1 Å². The molecule has 0 aromatic heterocycles. The Kier molecular flexibility index (Phi) is 10.8. The molecule has 0 saturated carbocycles. The Morgan fingerprint density at radius 1 is 0.744 bits per heavy atom. The topological polar surface area (TPSA) is 115 Å². The van der Waals surface area contributed by atoms with E-state index in [4.69, 9.17) is 19.3 Å². The molecule has 19 heteroatoms. The third-order valence-corrected chi connectivity index (χ3v) is 6.46. The second kappa shape index (κ2) is 12.8. The van der Waals surface area contributed by atoms with Crippen LogP contribution in [0, 0.1) is 46.5 Å². The molecule has 9 nitrogen and oxygen atoms in total. The van der Waals surface area contributed by atoms with E-state index < -0.39 is 96.7 Å². The van der Waals surface area contributed by atoms with Crippen LogP contribution in [0.3, 0.4) is 0 Å². The van der Waals surface area contributed by atoms with Crippen molar-refractivity contribution in [1.82, 2.24) is 4.90 Å². The van der Waals surface area contributed by atoms with Crippen molar-refractivity contribution in [2.24, 2.45) is 0 Å². The molecule has 2 aromatic rings. The summed E-state index contributed by atoms with van der Waals surface area (Å²) >= 11 is -0.367. The summed E-state index contributed by atoms with van der Waals surface area (Å²) < 4.78 is 157. The smallest absolute Gasteiger partial charge is 0.300 e. The molecule has 2 N–H and O–H groups in total. The quantitative estimate of drug-likeness (QED) is 0.0840. The van der Waals surface area contributed by atoms with Gasteiger partial charge in [0.15, 0.2) is 39.7 Å². The van der Waals surface area contributed by atoms with Crippen LogP contribution < -0.4 is 9.47 Å². The summed E-state index contributed by atoms with van der Waals surface area (Å²) in [5.74, 6) is -20.1. The van der Waals surface area contributed by atoms with Crippen LogP contribution in [0.4, 0.5) is 35.1 Å². The van der Waals surface area contributed by atoms with E-state index >= 15 is 0 Å². The highest BCUT2D eigenvalue weighted by molar-refractivity contribution is 7.94. The zero-order valence-corrected chi connectivity index (χ0v) is 21.6. The third kappa shape index (κ3) is 7.41. The summed E-state index contributed by atoms with van der Waals surface area (Å²) in [6.07, 6.45) is 0. The van der Waals surface area contributed by atoms with Gasteiger partial charge in [-0.25, -0.2) is 22.8 Å². The van der Waals surface area contributed by atoms with Crippen molar-refractivity contribution in [3.63, 3.8) is 0 Å². The maximum absolute atomic E-state index is 14.2. The van der Waals surface area contributed by atoms with Gasteiger partial charge in [0.2, 0.25) is 23.3 Å². The van der Waals surface area contributed by atoms with Gasteiger partial charge in [-0.3, -0.25) is 9.45 Å². The standard InChI is InChI=1S/C20H19F8NO8S2/c1-20(2,3)29(4-6-34-16-8(21)12(25)18(38-37-36-30)13(26)9(16)22)5-7-35-17-10(23)14(27)19(39(31,32)33)15(28)11(17)24/h30H,4-7H2,1-3H3,(H,31,32,33). The Morgan fingerprint density at radius 2 is 1.13 bits per heavy atom. The molecule has 0 saturated heterocycles. The molecule has 0 aliphatic carbocycles. The lowest BCUT2D eigenvalue weighted by Gasteiger charge is -2.35. The molecular weight excluding hydrogens is 598 g/mol. The highest BCUT2D eigenvalue weighted by Crippen LogP contribution is 2.36. The van der Waals surface area contributed by atoms with E-state index in [0.29, 0.717) is 0 Å². The van der Waals surface area contributed by atoms with Gasteiger partial charge in [-0.1, -0.05) is 5.04 Å². The summed E-state index contributed by atoms with van der Waals surface area (Å²) in [6, 6.07) is 0. The molecule has 0 atom stereocenters. The predicted octanol–water partition coefficient (Wildman–Crippen LogP) is 5.03. The highest BCUT2D eigenvalue weighted by Gasteiger charge is 2.34. The van der Waals surface area contributed by atoms with Crippen LogP contribution in [-0.2, 0) is 19.5 Å². The maximum atomic E-state index is 14.2. The second-order valence-corrected chi connectivity index (χ2v) is 10.5. The fourth-order valence-corrected chi connectivity index (χ4v) is 4.14. The molecule has 0 heterocycles. The first-order valence-corrected chi connectivity index (χ1v) is 12.5. The van der Waals surface area contributed by atoms with E-state index in [-0.39, 0.29) is 25.1 Å². The van der Waals surface area contributed by atoms with Crippen molar-refractivity contribution >= 4 is 22.2 Å². The van der Waals surface area contributed by atoms with E-state index in [9.17, 15) is 43.5 Å². The lowest BCUT2D eigenvalue weighted by Crippen LogP contribution is -2.45. The zero-order chi connectivity index (χ0) is 29.9. The molecule has 0 unspecified atom stereocenters. The number of hydrogen-bond acceptors (Lipinski definition) is 9. The SMILES string of the molecule is CC(C)(C)N(CCOc1c(F)c(F)c(SOOO)c(F)c1F)CCOc1c(F)c(F)c(S(=O)(=O)O)c(F)c1F. The third-order valence-electron chi connectivity index (χ3n) is 4.94. The Balaban J connectivity index is 2.16. The fourth-order valence-electron chi connectivity index (χ4n) is 3.08. The zero-order valence-electron chi connectivity index (χ0n) is 20.0. The Morgan fingerprint density at radius 3 is 1.46 bits per heavy atom. The molecule has 220 valence electrons. The molecule has 0 amide bonds. The second-order valence-electron chi connectivity index (χ2n) is 8.38. The van der Waals surface area contributed by atoms with Crippen molar-refractivity contribution in [1.29, 1.82) is 0 Å². The minimum atomic E-state index is -5.66. The van der Waals surface area contributed by atoms with Crippen LogP contribution in [0.1, 0.15) is 20.8 Å². The predicted molar refractivity (Wildman–Crippen MR) is 115 cm³/mol. The van der Waals surface area contributed by atoms with Crippen molar-refractivity contribution in [3.8, 4) is 11.5 Å². The van der Waals surface area contributed by atoms with Crippen molar-refractivity contribution in [3.05, 3.63) is 46.5 Å². The van der Waals surface area contributed by atoms with Gasteiger partial charge in [0.05, 0.1) is 12.0 Å². The number of halogens is 8. The first-order valence-electron chi connectivity index (χ1n) is 10.3. The number of benzene rings is 2. The largest absolute Gasteiger partial charge is 0.486 e. The lowest BCUT2D eigenvalue weighted by atomic mass is 10.1. The van der Waals surface area contributed by atoms with Gasteiger partial charge in [-0.05, 0) is 20.8 Å². The normalized spacial score (nSPS) is 12.4. The highest BCUT2D eigenvalue weighted by atomic mass is 32.2. The summed E-state index contributed by atoms with van der Waals surface area (Å²) in [5.41, 5.74) is -0.815. The summed E-state index contributed by atoms with van der Waals surface area (Å²) in [6.45, 7) is 2.99. The van der Waals surface area contributed by atoms with E-state index in [1.165, 1.54) is 4.90 Å². The fraction of sp³-hybridized carbons (Fsp3) is 0.400. The van der Waals surface area contributed by atoms with Crippen molar-refractivity contribution < 1.29 is 72.2 Å². The first-order chi connectivity index (χ1) is 17.9. The Hall–Kier alpha value is -2.42. The number of nitrogens with zero attached hydrogens (tertiary/aromatic N) is 1. The van der Waals surface area contributed by atoms with Crippen LogP contribution in [-0.4, -0.2) is 55.0 Å². The molecule has 0 aliphatic heterocycles. The van der Waals surface area contributed by atoms with E-state index in [1.807, 2.05) is 0 Å². The molecule has 2 rings (SSSR count). The lowest BCUT2D eigenvalue weighted by molar-refractivity contribution is -0.432. The molecule has 0 fully saturated rings. The van der Waals surface area contributed by atoms with Gasteiger partial charge in [0.25, 0.3) is 0 Å². The van der Waals surface area contributed by atoms with Gasteiger partial charge in [0, 0.05) is 18.6 Å². The average Bonchev–Trinajstić information content (AvgIpc) is 2.83. The van der Waals surface area contributed by atoms with Gasteiger partial charge in [-0.15, -0.1) is 4.33 Å². The average molecular weight is 617 g/mol. The van der Waals surface area contributed by atoms with Crippen LogP contribution >= 0.6 is 12.0 Å².